The molecule has 0 aromatic heterocycles. The van der Waals surface area contributed by atoms with E-state index in [0.717, 1.165) is 11.3 Å². The Morgan fingerprint density at radius 3 is 2.31 bits per heavy atom. The van der Waals surface area contributed by atoms with Crippen LogP contribution in [0.2, 0.25) is 0 Å². The van der Waals surface area contributed by atoms with Crippen LogP contribution in [-0.4, -0.2) is 32.7 Å². The maximum absolute atomic E-state index is 12.3. The second kappa shape index (κ2) is 7.35. The van der Waals surface area contributed by atoms with Gasteiger partial charge in [0.1, 0.15) is 11.5 Å². The van der Waals surface area contributed by atoms with E-state index in [9.17, 15) is 9.59 Å². The van der Waals surface area contributed by atoms with Crippen molar-refractivity contribution in [2.75, 3.05) is 36.3 Å². The average Bonchev–Trinajstić information content (AvgIpc) is 2.95. The number of fused-ring (bicyclic) bond motifs is 1. The van der Waals surface area contributed by atoms with Crippen molar-refractivity contribution < 1.29 is 19.1 Å². The van der Waals surface area contributed by atoms with Crippen LogP contribution >= 0.6 is 0 Å². The lowest BCUT2D eigenvalue weighted by Crippen LogP contribution is -2.25. The molecule has 3 amide bonds. The maximum atomic E-state index is 12.3. The number of carbonyl (C=O) groups is 2. The van der Waals surface area contributed by atoms with Gasteiger partial charge >= 0.3 is 6.03 Å². The summed E-state index contributed by atoms with van der Waals surface area (Å²) in [4.78, 5) is 26.0. The van der Waals surface area contributed by atoms with Crippen LogP contribution in [0.1, 0.15) is 12.5 Å². The molecule has 7 nitrogen and oxygen atoms in total. The molecule has 0 saturated heterocycles. The predicted molar refractivity (Wildman–Crippen MR) is 100 cm³/mol. The van der Waals surface area contributed by atoms with Crippen LogP contribution in [-0.2, 0) is 11.2 Å². The van der Waals surface area contributed by atoms with E-state index >= 15 is 0 Å². The first-order valence-corrected chi connectivity index (χ1v) is 8.28. The minimum atomic E-state index is -0.392. The molecule has 0 radical (unpaired) electrons. The van der Waals surface area contributed by atoms with Gasteiger partial charge in [0.15, 0.2) is 0 Å². The Bertz CT molecular complexity index is 828. The molecule has 136 valence electrons. The number of ether oxygens (including phenoxy) is 2. The summed E-state index contributed by atoms with van der Waals surface area (Å²) in [5.41, 5.74) is 2.99. The van der Waals surface area contributed by atoms with E-state index in [0.29, 0.717) is 35.8 Å². The number of rotatable bonds is 5. The molecule has 0 saturated carbocycles. The first-order chi connectivity index (χ1) is 12.5. The van der Waals surface area contributed by atoms with Gasteiger partial charge in [0.25, 0.3) is 0 Å². The smallest absolute Gasteiger partial charge is 0.323 e. The van der Waals surface area contributed by atoms with Crippen LogP contribution in [0.15, 0.2) is 36.4 Å². The molecule has 7 heteroatoms. The number of urea groups is 1. The molecule has 1 aliphatic heterocycles. The molecule has 1 heterocycles. The largest absolute Gasteiger partial charge is 0.497 e. The van der Waals surface area contributed by atoms with Crippen LogP contribution < -0.4 is 25.0 Å². The molecule has 1 aliphatic rings. The summed E-state index contributed by atoms with van der Waals surface area (Å²) in [7, 11) is 3.09. The minimum Gasteiger partial charge on any atom is -0.497 e. The van der Waals surface area contributed by atoms with Crippen LogP contribution in [0.3, 0.4) is 0 Å². The van der Waals surface area contributed by atoms with E-state index in [-0.39, 0.29) is 5.91 Å². The minimum absolute atomic E-state index is 0.0765. The van der Waals surface area contributed by atoms with E-state index in [2.05, 4.69) is 10.6 Å². The normalized spacial score (nSPS) is 12.6. The van der Waals surface area contributed by atoms with Gasteiger partial charge < -0.3 is 25.0 Å². The molecule has 0 fully saturated rings. The van der Waals surface area contributed by atoms with Gasteiger partial charge in [-0.15, -0.1) is 0 Å². The Kier molecular flexibility index (Phi) is 4.97. The van der Waals surface area contributed by atoms with Crippen molar-refractivity contribution in [2.45, 2.75) is 13.3 Å². The number of anilines is 3. The summed E-state index contributed by atoms with van der Waals surface area (Å²) in [6.07, 6.45) is 0.355. The van der Waals surface area contributed by atoms with Gasteiger partial charge in [0.2, 0.25) is 5.91 Å². The first kappa shape index (κ1) is 17.6. The van der Waals surface area contributed by atoms with Crippen molar-refractivity contribution in [3.05, 3.63) is 42.0 Å². The Balaban J connectivity index is 1.72. The summed E-state index contributed by atoms with van der Waals surface area (Å²) in [6.45, 7) is 2.58. The van der Waals surface area contributed by atoms with E-state index in [1.165, 1.54) is 0 Å². The standard InChI is InChI=1S/C19H21N3O4/c1-4-22-17-6-5-13(7-12(17)8-18(22)23)20-19(24)21-14-9-15(25-2)11-16(10-14)26-3/h5-7,9-11H,4,8H2,1-3H3,(H2,20,21,24). The molecule has 0 spiro atoms. The molecule has 0 bridgehead atoms. The summed E-state index contributed by atoms with van der Waals surface area (Å²) < 4.78 is 10.4. The van der Waals surface area contributed by atoms with Gasteiger partial charge in [-0.2, -0.15) is 0 Å². The zero-order valence-corrected chi connectivity index (χ0v) is 15.0. The highest BCUT2D eigenvalue weighted by atomic mass is 16.5. The molecular weight excluding hydrogens is 334 g/mol. The number of hydrogen-bond acceptors (Lipinski definition) is 4. The van der Waals surface area contributed by atoms with Crippen molar-refractivity contribution in [3.8, 4) is 11.5 Å². The number of nitrogens with zero attached hydrogens (tertiary/aromatic N) is 1. The topological polar surface area (TPSA) is 79.9 Å². The van der Waals surface area contributed by atoms with Crippen molar-refractivity contribution in [1.29, 1.82) is 0 Å². The molecule has 0 atom stereocenters. The molecule has 0 aliphatic carbocycles. The lowest BCUT2D eigenvalue weighted by atomic mass is 10.1. The molecular formula is C19H21N3O4. The molecule has 0 unspecified atom stereocenters. The third-order valence-corrected chi connectivity index (χ3v) is 4.20. The Hall–Kier alpha value is -3.22. The second-order valence-corrected chi connectivity index (χ2v) is 5.84. The molecule has 2 aromatic carbocycles. The second-order valence-electron chi connectivity index (χ2n) is 5.84. The number of hydrogen-bond donors (Lipinski definition) is 2. The van der Waals surface area contributed by atoms with Crippen molar-refractivity contribution >= 4 is 29.0 Å². The van der Waals surface area contributed by atoms with E-state index in [1.807, 2.05) is 19.1 Å². The summed E-state index contributed by atoms with van der Waals surface area (Å²) in [6, 6.07) is 10.2. The number of carbonyl (C=O) groups excluding carboxylic acids is 2. The fourth-order valence-electron chi connectivity index (χ4n) is 2.98. The summed E-state index contributed by atoms with van der Waals surface area (Å²) in [5, 5.41) is 5.53. The third kappa shape index (κ3) is 3.56. The highest BCUT2D eigenvalue weighted by molar-refractivity contribution is 6.03. The Morgan fingerprint density at radius 2 is 1.69 bits per heavy atom. The van der Waals surface area contributed by atoms with Gasteiger partial charge in [-0.1, -0.05) is 0 Å². The van der Waals surface area contributed by atoms with Crippen LogP contribution in [0.25, 0.3) is 0 Å². The number of likely N-dealkylation sites (N-methyl/N-ethyl adjacent to an activating group) is 1. The van der Waals surface area contributed by atoms with Gasteiger partial charge in [-0.05, 0) is 30.7 Å². The van der Waals surface area contributed by atoms with Crippen LogP contribution in [0, 0.1) is 0 Å². The monoisotopic (exact) mass is 355 g/mol. The summed E-state index contributed by atoms with van der Waals surface area (Å²) in [5.74, 6) is 1.23. The quantitative estimate of drug-likeness (QED) is 0.863. The van der Waals surface area contributed by atoms with Gasteiger partial charge in [-0.25, -0.2) is 4.79 Å². The SMILES string of the molecule is CCN1C(=O)Cc2cc(NC(=O)Nc3cc(OC)cc(OC)c3)ccc21. The highest BCUT2D eigenvalue weighted by Crippen LogP contribution is 2.31. The number of amides is 3. The van der Waals surface area contributed by atoms with Gasteiger partial charge in [0.05, 0.1) is 20.6 Å². The Labute approximate surface area is 151 Å². The van der Waals surface area contributed by atoms with E-state index < -0.39 is 6.03 Å². The number of nitrogens with one attached hydrogen (secondary N) is 2. The van der Waals surface area contributed by atoms with Crippen LogP contribution in [0.4, 0.5) is 21.9 Å². The fourth-order valence-corrected chi connectivity index (χ4v) is 2.98. The average molecular weight is 355 g/mol. The fraction of sp³-hybridized carbons (Fsp3) is 0.263. The lowest BCUT2D eigenvalue weighted by molar-refractivity contribution is -0.117. The number of benzene rings is 2. The van der Waals surface area contributed by atoms with Crippen LogP contribution in [0.5, 0.6) is 11.5 Å². The predicted octanol–water partition coefficient (Wildman–Crippen LogP) is 3.26. The molecule has 2 N–H and O–H groups in total. The number of methoxy groups -OCH3 is 2. The first-order valence-electron chi connectivity index (χ1n) is 8.28. The summed E-state index contributed by atoms with van der Waals surface area (Å²) >= 11 is 0. The molecule has 26 heavy (non-hydrogen) atoms. The van der Waals surface area contributed by atoms with Crippen molar-refractivity contribution in [1.82, 2.24) is 0 Å². The van der Waals surface area contributed by atoms with E-state index in [1.54, 1.807) is 43.4 Å². The van der Waals surface area contributed by atoms with Gasteiger partial charge in [-0.3, -0.25) is 4.79 Å². The van der Waals surface area contributed by atoms with Gasteiger partial charge in [0, 0.05) is 41.8 Å². The molecule has 3 rings (SSSR count). The Morgan fingerprint density at radius 1 is 1.04 bits per heavy atom. The van der Waals surface area contributed by atoms with Crippen molar-refractivity contribution in [3.63, 3.8) is 0 Å². The highest BCUT2D eigenvalue weighted by Gasteiger charge is 2.26. The maximum Gasteiger partial charge on any atom is 0.323 e. The lowest BCUT2D eigenvalue weighted by Gasteiger charge is -2.15. The van der Waals surface area contributed by atoms with Crippen molar-refractivity contribution in [2.24, 2.45) is 0 Å². The van der Waals surface area contributed by atoms with E-state index in [4.69, 9.17) is 9.47 Å². The zero-order chi connectivity index (χ0) is 18.7. The molecule has 2 aromatic rings. The zero-order valence-electron chi connectivity index (χ0n) is 15.0. The third-order valence-electron chi connectivity index (χ3n) is 4.20.